The maximum atomic E-state index is 16.1. The van der Waals surface area contributed by atoms with Crippen molar-refractivity contribution in [2.75, 3.05) is 0 Å². The van der Waals surface area contributed by atoms with Crippen LogP contribution in [0.2, 0.25) is 0 Å². The zero-order chi connectivity index (χ0) is 43.5. The van der Waals surface area contributed by atoms with E-state index in [4.69, 9.17) is 15.0 Å². The zero-order valence-electron chi connectivity index (χ0n) is 33.6. The molecule has 0 saturated heterocycles. The Morgan fingerprint density at radius 1 is 0.406 bits per heavy atom. The first-order chi connectivity index (χ1) is 31.3. The number of halogens is 3. The van der Waals surface area contributed by atoms with Crippen molar-refractivity contribution in [2.24, 2.45) is 0 Å². The number of aromatic nitrogens is 5. The molecule has 11 rings (SSSR count). The largest absolute Gasteiger partial charge is 0.417 e. The van der Waals surface area contributed by atoms with Crippen LogP contribution in [-0.2, 0) is 6.18 Å². The Morgan fingerprint density at radius 3 is 1.34 bits per heavy atom. The highest BCUT2D eigenvalue weighted by Crippen LogP contribution is 2.49. The second kappa shape index (κ2) is 14.9. The quantitative estimate of drug-likeness (QED) is 0.166. The van der Waals surface area contributed by atoms with Crippen LogP contribution in [0.15, 0.2) is 182 Å². The average molecular weight is 834 g/mol. The number of benzene rings is 8. The van der Waals surface area contributed by atoms with Gasteiger partial charge in [-0.1, -0.05) is 115 Å². The maximum absolute atomic E-state index is 16.1. The average Bonchev–Trinajstić information content (AvgIpc) is 3.85. The van der Waals surface area contributed by atoms with Gasteiger partial charge in [0.05, 0.1) is 62.3 Å². The van der Waals surface area contributed by atoms with Crippen LogP contribution in [0.25, 0.3) is 100 Å². The lowest BCUT2D eigenvalue weighted by Crippen LogP contribution is -2.12. The standard InChI is InChI=1S/C54H30F3N7/c55-54(56,57)42-20-12-24-48(64-44-22-10-8-18-38(44)41-30-34(32-59)26-28-46(41)64)50(42)49-39(53-61-51(35-13-3-1-4-14-35)60-52(62-53)36-15-5-2-6-16-36)19-11-23-47(49)63-43-21-9-7-17-37(43)40-29-33(31-58)25-27-45(40)63/h1-30H. The summed E-state index contributed by atoms with van der Waals surface area (Å²) in [6.07, 6.45) is -4.84. The highest BCUT2D eigenvalue weighted by atomic mass is 19.4. The summed E-state index contributed by atoms with van der Waals surface area (Å²) in [7, 11) is 0. The van der Waals surface area contributed by atoms with Gasteiger partial charge in [-0.25, -0.2) is 15.0 Å². The third kappa shape index (κ3) is 6.16. The molecule has 0 aliphatic heterocycles. The first-order valence-electron chi connectivity index (χ1n) is 20.4. The van der Waals surface area contributed by atoms with Crippen molar-refractivity contribution in [3.05, 3.63) is 199 Å². The van der Waals surface area contributed by atoms with Crippen molar-refractivity contribution in [1.82, 2.24) is 24.1 Å². The van der Waals surface area contributed by atoms with Crippen molar-refractivity contribution >= 4 is 43.6 Å². The van der Waals surface area contributed by atoms with E-state index in [9.17, 15) is 10.5 Å². The lowest BCUT2D eigenvalue weighted by molar-refractivity contribution is -0.137. The smallest absolute Gasteiger partial charge is 0.309 e. The number of hydrogen-bond acceptors (Lipinski definition) is 5. The molecule has 10 heteroatoms. The minimum absolute atomic E-state index is 0.102. The Balaban J connectivity index is 1.34. The molecule has 11 aromatic rings. The lowest BCUT2D eigenvalue weighted by Gasteiger charge is -2.24. The van der Waals surface area contributed by atoms with E-state index in [0.29, 0.717) is 61.7 Å². The van der Waals surface area contributed by atoms with Gasteiger partial charge in [-0.3, -0.25) is 0 Å². The molecule has 8 aromatic carbocycles. The van der Waals surface area contributed by atoms with Crippen molar-refractivity contribution < 1.29 is 13.2 Å². The first kappa shape index (κ1) is 38.1. The third-order valence-electron chi connectivity index (χ3n) is 11.7. The third-order valence-corrected chi connectivity index (χ3v) is 11.7. The monoisotopic (exact) mass is 833 g/mol. The van der Waals surface area contributed by atoms with Gasteiger partial charge in [-0.15, -0.1) is 0 Å². The number of rotatable bonds is 6. The lowest BCUT2D eigenvalue weighted by atomic mass is 9.90. The number of hydrogen-bond donors (Lipinski definition) is 0. The molecule has 0 unspecified atom stereocenters. The Kier molecular flexibility index (Phi) is 8.89. The Labute approximate surface area is 363 Å². The van der Waals surface area contributed by atoms with Gasteiger partial charge in [0.1, 0.15) is 0 Å². The highest BCUT2D eigenvalue weighted by molar-refractivity contribution is 6.12. The number of para-hydroxylation sites is 2. The van der Waals surface area contributed by atoms with Gasteiger partial charge >= 0.3 is 6.18 Å². The van der Waals surface area contributed by atoms with E-state index in [1.807, 2.05) is 143 Å². The summed E-state index contributed by atoms with van der Waals surface area (Å²) in [6.45, 7) is 0. The highest BCUT2D eigenvalue weighted by Gasteiger charge is 2.38. The fourth-order valence-corrected chi connectivity index (χ4v) is 8.93. The van der Waals surface area contributed by atoms with Gasteiger partial charge in [-0.2, -0.15) is 23.7 Å². The number of alkyl halides is 3. The number of nitrogens with zero attached hydrogens (tertiary/aromatic N) is 7. The van der Waals surface area contributed by atoms with Crippen LogP contribution in [0.5, 0.6) is 0 Å². The molecule has 3 aromatic heterocycles. The molecule has 0 N–H and O–H groups in total. The fraction of sp³-hybridized carbons (Fsp3) is 0.0185. The SMILES string of the molecule is N#Cc1ccc2c(c1)c1ccccc1n2-c1cccc(-c2nc(-c3ccccc3)nc(-c3ccccc3)n2)c1-c1c(-n2c3ccccc3c3cc(C#N)ccc32)cccc1C(F)(F)F. The molecule has 64 heavy (non-hydrogen) atoms. The summed E-state index contributed by atoms with van der Waals surface area (Å²) in [5, 5.41) is 23.0. The Bertz CT molecular complexity index is 3690. The van der Waals surface area contributed by atoms with Gasteiger partial charge in [0.2, 0.25) is 0 Å². The maximum Gasteiger partial charge on any atom is 0.417 e. The molecule has 0 radical (unpaired) electrons. The predicted molar refractivity (Wildman–Crippen MR) is 245 cm³/mol. The van der Waals surface area contributed by atoms with Crippen LogP contribution in [0.3, 0.4) is 0 Å². The summed E-state index contributed by atoms with van der Waals surface area (Å²) in [4.78, 5) is 15.1. The first-order valence-corrected chi connectivity index (χ1v) is 20.4. The van der Waals surface area contributed by atoms with Crippen LogP contribution >= 0.6 is 0 Å². The molecule has 0 saturated carbocycles. The van der Waals surface area contributed by atoms with Crippen molar-refractivity contribution in [1.29, 1.82) is 10.5 Å². The minimum Gasteiger partial charge on any atom is -0.309 e. The van der Waals surface area contributed by atoms with Gasteiger partial charge in [0, 0.05) is 49.4 Å². The van der Waals surface area contributed by atoms with Crippen LogP contribution in [0.4, 0.5) is 13.2 Å². The molecular formula is C54H30F3N7. The molecule has 0 aliphatic carbocycles. The molecule has 0 bridgehead atoms. The second-order valence-corrected chi connectivity index (χ2v) is 15.3. The summed E-state index contributed by atoms with van der Waals surface area (Å²) in [5.74, 6) is 0.865. The van der Waals surface area contributed by atoms with Gasteiger partial charge in [0.25, 0.3) is 0 Å². The fourth-order valence-electron chi connectivity index (χ4n) is 8.93. The summed E-state index contributed by atoms with van der Waals surface area (Å²) < 4.78 is 52.2. The van der Waals surface area contributed by atoms with Crippen molar-refractivity contribution in [3.63, 3.8) is 0 Å². The second-order valence-electron chi connectivity index (χ2n) is 15.3. The van der Waals surface area contributed by atoms with E-state index in [2.05, 4.69) is 12.1 Å². The summed E-state index contributed by atoms with van der Waals surface area (Å²) in [6, 6.07) is 58.7. The molecule has 7 nitrogen and oxygen atoms in total. The molecule has 0 atom stereocenters. The molecule has 0 spiro atoms. The topological polar surface area (TPSA) is 96.1 Å². The van der Waals surface area contributed by atoms with Gasteiger partial charge < -0.3 is 9.13 Å². The van der Waals surface area contributed by atoms with Crippen LogP contribution < -0.4 is 0 Å². The summed E-state index contributed by atoms with van der Waals surface area (Å²) in [5.41, 5.74) is 5.26. The number of fused-ring (bicyclic) bond motifs is 6. The molecule has 0 fully saturated rings. The number of nitriles is 2. The molecule has 302 valence electrons. The van der Waals surface area contributed by atoms with E-state index < -0.39 is 11.7 Å². The van der Waals surface area contributed by atoms with E-state index in [1.165, 1.54) is 6.07 Å². The van der Waals surface area contributed by atoms with E-state index in [-0.39, 0.29) is 22.6 Å². The normalized spacial score (nSPS) is 11.6. The van der Waals surface area contributed by atoms with Crippen LogP contribution in [0, 0.1) is 22.7 Å². The van der Waals surface area contributed by atoms with Crippen molar-refractivity contribution in [2.45, 2.75) is 6.18 Å². The minimum atomic E-state index is -4.84. The molecule has 0 aliphatic rings. The Hall–Kier alpha value is -8.86. The van der Waals surface area contributed by atoms with Crippen molar-refractivity contribution in [3.8, 4) is 68.8 Å². The van der Waals surface area contributed by atoms with Crippen LogP contribution in [0.1, 0.15) is 16.7 Å². The molecule has 0 amide bonds. The van der Waals surface area contributed by atoms with Gasteiger partial charge in [-0.05, 0) is 66.7 Å². The van der Waals surface area contributed by atoms with E-state index >= 15 is 13.2 Å². The van der Waals surface area contributed by atoms with E-state index in [1.54, 1.807) is 36.4 Å². The predicted octanol–water partition coefficient (Wildman–Crippen LogP) is 13.5. The molecule has 3 heterocycles. The summed E-state index contributed by atoms with van der Waals surface area (Å²) >= 11 is 0. The zero-order valence-corrected chi connectivity index (χ0v) is 33.6. The van der Waals surface area contributed by atoms with E-state index in [0.717, 1.165) is 33.1 Å². The van der Waals surface area contributed by atoms with Crippen LogP contribution in [-0.4, -0.2) is 24.1 Å². The molecular weight excluding hydrogens is 804 g/mol. The van der Waals surface area contributed by atoms with Gasteiger partial charge in [0.15, 0.2) is 17.5 Å². The Morgan fingerprint density at radius 2 is 0.844 bits per heavy atom.